The molecule has 0 atom stereocenters. The second kappa shape index (κ2) is 8.53. The largest absolute Gasteiger partial charge is 0.497 e. The molecule has 31 heavy (non-hydrogen) atoms. The Kier molecular flexibility index (Phi) is 5.44. The van der Waals surface area contributed by atoms with Crippen molar-refractivity contribution < 1.29 is 4.74 Å². The Balaban J connectivity index is 1.53. The van der Waals surface area contributed by atoms with E-state index in [2.05, 4.69) is 37.3 Å². The minimum absolute atomic E-state index is 0.728. The number of thiazole rings is 1. The van der Waals surface area contributed by atoms with Gasteiger partial charge in [0.2, 0.25) is 10.3 Å². The van der Waals surface area contributed by atoms with Crippen LogP contribution in [-0.2, 0) is 5.75 Å². The first-order valence-electron chi connectivity index (χ1n) is 9.85. The van der Waals surface area contributed by atoms with E-state index in [0.717, 1.165) is 43.4 Å². The highest BCUT2D eigenvalue weighted by Crippen LogP contribution is 2.31. The number of benzene rings is 3. The summed E-state index contributed by atoms with van der Waals surface area (Å²) in [5.74, 6) is 2.39. The minimum Gasteiger partial charge on any atom is -0.497 e. The predicted molar refractivity (Wildman–Crippen MR) is 127 cm³/mol. The first-order valence-corrected chi connectivity index (χ1v) is 11.7. The Hall–Kier alpha value is -3.16. The van der Waals surface area contributed by atoms with Crippen LogP contribution in [0.2, 0.25) is 0 Å². The summed E-state index contributed by atoms with van der Waals surface area (Å²) >= 11 is 3.24. The fourth-order valence-corrected chi connectivity index (χ4v) is 5.00. The predicted octanol–water partition coefficient (Wildman–Crippen LogP) is 6.15. The number of fused-ring (bicyclic) bond motifs is 1. The number of aromatic nitrogens is 4. The van der Waals surface area contributed by atoms with E-state index in [1.54, 1.807) is 30.2 Å². The number of nitrogens with zero attached hydrogens (tertiary/aromatic N) is 4. The summed E-state index contributed by atoms with van der Waals surface area (Å²) in [5, 5.41) is 6.35. The molecule has 2 aromatic heterocycles. The summed E-state index contributed by atoms with van der Waals surface area (Å²) in [6.45, 7) is 2.11. The Morgan fingerprint density at radius 3 is 2.58 bits per heavy atom. The van der Waals surface area contributed by atoms with Gasteiger partial charge in [0.1, 0.15) is 5.75 Å². The van der Waals surface area contributed by atoms with Gasteiger partial charge >= 0.3 is 0 Å². The molecule has 0 radical (unpaired) electrons. The van der Waals surface area contributed by atoms with Gasteiger partial charge in [0.25, 0.3) is 0 Å². The van der Waals surface area contributed by atoms with E-state index in [-0.39, 0.29) is 0 Å². The van der Waals surface area contributed by atoms with Crippen molar-refractivity contribution in [1.82, 2.24) is 19.7 Å². The zero-order valence-electron chi connectivity index (χ0n) is 17.1. The van der Waals surface area contributed by atoms with Crippen LogP contribution in [0.25, 0.3) is 26.7 Å². The highest BCUT2D eigenvalue weighted by atomic mass is 32.2. The third-order valence-corrected chi connectivity index (χ3v) is 6.77. The molecule has 0 bridgehead atoms. The van der Waals surface area contributed by atoms with Crippen molar-refractivity contribution in [1.29, 1.82) is 0 Å². The summed E-state index contributed by atoms with van der Waals surface area (Å²) < 4.78 is 8.28. The second-order valence-corrected chi connectivity index (χ2v) is 9.05. The van der Waals surface area contributed by atoms with Crippen LogP contribution in [0.15, 0.2) is 78.0 Å². The van der Waals surface area contributed by atoms with E-state index < -0.39 is 0 Å². The molecular weight excluding hydrogens is 424 g/mol. The van der Waals surface area contributed by atoms with Crippen LogP contribution in [0.4, 0.5) is 0 Å². The van der Waals surface area contributed by atoms with Crippen LogP contribution in [0.3, 0.4) is 0 Å². The number of hydrogen-bond donors (Lipinski definition) is 0. The maximum absolute atomic E-state index is 5.30. The van der Waals surface area contributed by atoms with Gasteiger partial charge in [-0.3, -0.25) is 0 Å². The number of ether oxygens (including phenoxy) is 1. The second-order valence-electron chi connectivity index (χ2n) is 7.10. The summed E-state index contributed by atoms with van der Waals surface area (Å²) in [6, 6.07) is 24.5. The molecule has 7 heteroatoms. The lowest BCUT2D eigenvalue weighted by molar-refractivity contribution is 0.415. The number of hydrogen-bond acceptors (Lipinski definition) is 6. The molecule has 0 amide bonds. The number of rotatable bonds is 6. The molecule has 0 saturated carbocycles. The first kappa shape index (κ1) is 19.8. The number of para-hydroxylation sites is 1. The normalized spacial score (nSPS) is 11.2. The zero-order valence-corrected chi connectivity index (χ0v) is 18.8. The fraction of sp³-hybridized carbons (Fsp3) is 0.125. The van der Waals surface area contributed by atoms with E-state index in [0.29, 0.717) is 0 Å². The van der Waals surface area contributed by atoms with Gasteiger partial charge < -0.3 is 4.74 Å². The minimum atomic E-state index is 0.728. The highest BCUT2D eigenvalue weighted by molar-refractivity contribution is 7.98. The van der Waals surface area contributed by atoms with Crippen molar-refractivity contribution in [3.8, 4) is 22.3 Å². The molecule has 0 aliphatic heterocycles. The van der Waals surface area contributed by atoms with Crippen LogP contribution in [0, 0.1) is 6.92 Å². The molecule has 0 unspecified atom stereocenters. The van der Waals surface area contributed by atoms with Crippen molar-refractivity contribution in [3.05, 3.63) is 83.9 Å². The summed E-state index contributed by atoms with van der Waals surface area (Å²) in [4.78, 5) is 9.65. The number of methoxy groups -OCH3 is 1. The average molecular weight is 445 g/mol. The third kappa shape index (κ3) is 4.19. The van der Waals surface area contributed by atoms with Gasteiger partial charge in [-0.05, 0) is 48.9 Å². The quantitative estimate of drug-likeness (QED) is 0.294. The Morgan fingerprint density at radius 2 is 1.81 bits per heavy atom. The highest BCUT2D eigenvalue weighted by Gasteiger charge is 2.17. The lowest BCUT2D eigenvalue weighted by Gasteiger charge is -2.03. The smallest absolute Gasteiger partial charge is 0.213 e. The Labute approximate surface area is 188 Å². The molecule has 154 valence electrons. The van der Waals surface area contributed by atoms with Gasteiger partial charge in [-0.1, -0.05) is 65.1 Å². The summed E-state index contributed by atoms with van der Waals surface area (Å²) in [5.41, 5.74) is 4.44. The SMILES string of the molecule is COc1ccc(-c2nc(SCc3cccc(C)c3)nn2-c2nc3ccccc3s2)cc1. The van der Waals surface area contributed by atoms with E-state index in [9.17, 15) is 0 Å². The Bertz CT molecular complexity index is 1310. The molecular formula is C24H20N4OS2. The molecule has 5 aromatic rings. The van der Waals surface area contributed by atoms with Gasteiger partial charge in [0.05, 0.1) is 17.3 Å². The summed E-state index contributed by atoms with van der Waals surface area (Å²) in [7, 11) is 1.67. The molecule has 0 spiro atoms. The van der Waals surface area contributed by atoms with Crippen molar-refractivity contribution in [2.45, 2.75) is 17.8 Å². The van der Waals surface area contributed by atoms with Gasteiger partial charge in [-0.2, -0.15) is 4.68 Å². The molecule has 5 rings (SSSR count). The molecule has 0 aliphatic carbocycles. The molecule has 0 saturated heterocycles. The van der Waals surface area contributed by atoms with E-state index in [1.165, 1.54) is 11.1 Å². The van der Waals surface area contributed by atoms with Crippen LogP contribution in [0.5, 0.6) is 5.75 Å². The number of aryl methyl sites for hydroxylation is 1. The topological polar surface area (TPSA) is 52.8 Å². The van der Waals surface area contributed by atoms with Gasteiger partial charge in [-0.15, -0.1) is 5.10 Å². The fourth-order valence-electron chi connectivity index (χ4n) is 3.32. The van der Waals surface area contributed by atoms with Crippen LogP contribution >= 0.6 is 23.1 Å². The van der Waals surface area contributed by atoms with E-state index in [1.807, 2.05) is 47.1 Å². The molecule has 3 aromatic carbocycles. The van der Waals surface area contributed by atoms with Gasteiger partial charge in [0, 0.05) is 11.3 Å². The van der Waals surface area contributed by atoms with Crippen LogP contribution < -0.4 is 4.74 Å². The van der Waals surface area contributed by atoms with Gasteiger partial charge in [0.15, 0.2) is 5.82 Å². The van der Waals surface area contributed by atoms with Crippen LogP contribution in [-0.4, -0.2) is 26.9 Å². The zero-order chi connectivity index (χ0) is 21.2. The van der Waals surface area contributed by atoms with E-state index >= 15 is 0 Å². The molecule has 5 nitrogen and oxygen atoms in total. The molecule has 2 heterocycles. The van der Waals surface area contributed by atoms with E-state index in [4.69, 9.17) is 19.8 Å². The van der Waals surface area contributed by atoms with Gasteiger partial charge in [-0.25, -0.2) is 9.97 Å². The van der Waals surface area contributed by atoms with Crippen molar-refractivity contribution in [3.63, 3.8) is 0 Å². The molecule has 0 fully saturated rings. The maximum Gasteiger partial charge on any atom is 0.213 e. The monoisotopic (exact) mass is 444 g/mol. The number of thioether (sulfide) groups is 1. The van der Waals surface area contributed by atoms with Crippen LogP contribution in [0.1, 0.15) is 11.1 Å². The maximum atomic E-state index is 5.30. The Morgan fingerprint density at radius 1 is 0.968 bits per heavy atom. The first-order chi connectivity index (χ1) is 15.2. The van der Waals surface area contributed by atoms with Crippen molar-refractivity contribution in [2.24, 2.45) is 0 Å². The van der Waals surface area contributed by atoms with Crippen molar-refractivity contribution in [2.75, 3.05) is 7.11 Å². The molecule has 0 aliphatic rings. The standard InChI is InChI=1S/C24H20N4OS2/c1-16-6-5-7-17(14-16)15-30-23-26-22(18-10-12-19(29-2)13-11-18)28(27-23)24-25-20-8-3-4-9-21(20)31-24/h3-14H,15H2,1-2H3. The molecule has 0 N–H and O–H groups in total. The third-order valence-electron chi connectivity index (χ3n) is 4.85. The lowest BCUT2D eigenvalue weighted by Crippen LogP contribution is -1.99. The average Bonchev–Trinajstić information content (AvgIpc) is 3.42. The summed E-state index contributed by atoms with van der Waals surface area (Å²) in [6.07, 6.45) is 0. The lowest BCUT2D eigenvalue weighted by atomic mass is 10.2. The van der Waals surface area contributed by atoms with Crippen molar-refractivity contribution >= 4 is 33.3 Å².